The predicted octanol–water partition coefficient (Wildman–Crippen LogP) is 2.08. The lowest BCUT2D eigenvalue weighted by atomic mass is 10.1. The van der Waals surface area contributed by atoms with Gasteiger partial charge in [0.15, 0.2) is 0 Å². The van der Waals surface area contributed by atoms with Crippen molar-refractivity contribution in [1.29, 1.82) is 0 Å². The van der Waals surface area contributed by atoms with Gasteiger partial charge in [-0.05, 0) is 37.9 Å². The normalized spacial score (nSPS) is 9.59. The number of rotatable bonds is 5. The lowest BCUT2D eigenvalue weighted by Gasteiger charge is -2.08. The molecule has 1 aromatic carbocycles. The third-order valence-corrected chi connectivity index (χ3v) is 2.58. The maximum atomic E-state index is 11.4. The number of aryl methyl sites for hydroxylation is 2. The van der Waals surface area contributed by atoms with Gasteiger partial charge < -0.3 is 11.1 Å². The Hall–Kier alpha value is -1.06. The van der Waals surface area contributed by atoms with Crippen molar-refractivity contribution in [3.8, 4) is 0 Å². The quantitative estimate of drug-likeness (QED) is 0.848. The molecule has 0 aliphatic heterocycles. The Labute approximate surface area is 109 Å². The zero-order chi connectivity index (χ0) is 12.0. The first-order valence-corrected chi connectivity index (χ1v) is 5.66. The highest BCUT2D eigenvalue weighted by Crippen LogP contribution is 2.10. The predicted molar refractivity (Wildman–Crippen MR) is 73.3 cm³/mol. The summed E-state index contributed by atoms with van der Waals surface area (Å²) in [4.78, 5) is 11.4. The average Bonchev–Trinajstić information content (AvgIpc) is 2.25. The molecular formula is C13H21ClN2O. The Morgan fingerprint density at radius 2 is 2.06 bits per heavy atom. The maximum Gasteiger partial charge on any atom is 0.220 e. The van der Waals surface area contributed by atoms with E-state index in [1.807, 2.05) is 0 Å². The van der Waals surface area contributed by atoms with Crippen LogP contribution < -0.4 is 11.1 Å². The Kier molecular flexibility index (Phi) is 7.59. The zero-order valence-corrected chi connectivity index (χ0v) is 11.3. The van der Waals surface area contributed by atoms with Crippen LogP contribution in [0.2, 0.25) is 0 Å². The molecule has 1 aromatic rings. The van der Waals surface area contributed by atoms with E-state index < -0.39 is 0 Å². The molecule has 0 spiro atoms. The largest absolute Gasteiger partial charge is 0.352 e. The number of benzene rings is 1. The Bertz CT molecular complexity index is 366. The lowest BCUT2D eigenvalue weighted by Crippen LogP contribution is -2.23. The second kappa shape index (κ2) is 8.09. The number of nitrogens with two attached hydrogens (primary N) is 1. The third-order valence-electron chi connectivity index (χ3n) is 2.58. The minimum atomic E-state index is 0. The van der Waals surface area contributed by atoms with Crippen LogP contribution in [-0.4, -0.2) is 12.5 Å². The second-order valence-corrected chi connectivity index (χ2v) is 4.10. The van der Waals surface area contributed by atoms with Crippen LogP contribution in [0.4, 0.5) is 0 Å². The van der Waals surface area contributed by atoms with Gasteiger partial charge >= 0.3 is 0 Å². The molecule has 0 atom stereocenters. The number of hydrogen-bond donors (Lipinski definition) is 2. The van der Waals surface area contributed by atoms with Crippen molar-refractivity contribution in [2.45, 2.75) is 33.2 Å². The van der Waals surface area contributed by atoms with E-state index in [0.29, 0.717) is 19.5 Å². The molecule has 3 N–H and O–H groups in total. The van der Waals surface area contributed by atoms with E-state index in [0.717, 1.165) is 6.42 Å². The van der Waals surface area contributed by atoms with Crippen LogP contribution in [0.5, 0.6) is 0 Å². The molecule has 0 radical (unpaired) electrons. The van der Waals surface area contributed by atoms with Gasteiger partial charge in [0.2, 0.25) is 5.91 Å². The second-order valence-electron chi connectivity index (χ2n) is 4.10. The van der Waals surface area contributed by atoms with Crippen molar-refractivity contribution in [1.82, 2.24) is 5.32 Å². The van der Waals surface area contributed by atoms with Crippen molar-refractivity contribution in [2.24, 2.45) is 5.73 Å². The molecule has 0 fully saturated rings. The molecule has 0 aliphatic rings. The molecule has 0 aliphatic carbocycles. The fourth-order valence-electron chi connectivity index (χ4n) is 1.59. The van der Waals surface area contributed by atoms with Crippen LogP contribution in [0.3, 0.4) is 0 Å². The van der Waals surface area contributed by atoms with Gasteiger partial charge in [0.1, 0.15) is 0 Å². The van der Waals surface area contributed by atoms with Crippen LogP contribution in [0.15, 0.2) is 18.2 Å². The summed E-state index contributed by atoms with van der Waals surface area (Å²) in [5, 5.41) is 2.90. The lowest BCUT2D eigenvalue weighted by molar-refractivity contribution is -0.121. The Balaban J connectivity index is 0.00000256. The van der Waals surface area contributed by atoms with Crippen LogP contribution in [-0.2, 0) is 11.3 Å². The highest BCUT2D eigenvalue weighted by molar-refractivity contribution is 5.85. The number of halogens is 1. The molecular weight excluding hydrogens is 236 g/mol. The van der Waals surface area contributed by atoms with Gasteiger partial charge in [-0.3, -0.25) is 4.79 Å². The fourth-order valence-corrected chi connectivity index (χ4v) is 1.59. The first kappa shape index (κ1) is 15.9. The first-order valence-electron chi connectivity index (χ1n) is 5.66. The van der Waals surface area contributed by atoms with Crippen LogP contribution in [0.25, 0.3) is 0 Å². The Morgan fingerprint density at radius 1 is 1.35 bits per heavy atom. The topological polar surface area (TPSA) is 55.1 Å². The van der Waals surface area contributed by atoms with Crippen LogP contribution >= 0.6 is 12.4 Å². The summed E-state index contributed by atoms with van der Waals surface area (Å²) < 4.78 is 0. The summed E-state index contributed by atoms with van der Waals surface area (Å²) in [6, 6.07) is 6.25. The molecule has 0 unspecified atom stereocenters. The molecule has 17 heavy (non-hydrogen) atoms. The van der Waals surface area contributed by atoms with Crippen LogP contribution in [0, 0.1) is 13.8 Å². The van der Waals surface area contributed by atoms with E-state index in [1.165, 1.54) is 16.7 Å². The third kappa shape index (κ3) is 5.71. The fraction of sp³-hybridized carbons (Fsp3) is 0.462. The number of carbonyl (C=O) groups excluding carboxylic acids is 1. The maximum absolute atomic E-state index is 11.4. The van der Waals surface area contributed by atoms with Gasteiger partial charge in [0.25, 0.3) is 0 Å². The summed E-state index contributed by atoms with van der Waals surface area (Å²) in [6.45, 7) is 5.30. The molecule has 0 aromatic heterocycles. The van der Waals surface area contributed by atoms with Gasteiger partial charge in [-0.15, -0.1) is 12.4 Å². The molecule has 96 valence electrons. The first-order chi connectivity index (χ1) is 7.63. The van der Waals surface area contributed by atoms with Crippen LogP contribution in [0.1, 0.15) is 29.5 Å². The standard InChI is InChI=1S/C13H20N2O.ClH/c1-10-5-6-12(11(2)8-10)9-15-13(16)4-3-7-14;/h5-6,8H,3-4,7,9,14H2,1-2H3,(H,15,16);1H. The molecule has 0 heterocycles. The number of amides is 1. The minimum Gasteiger partial charge on any atom is -0.352 e. The van der Waals surface area contributed by atoms with E-state index in [4.69, 9.17) is 5.73 Å². The molecule has 0 saturated heterocycles. The van der Waals surface area contributed by atoms with E-state index in [9.17, 15) is 4.79 Å². The smallest absolute Gasteiger partial charge is 0.220 e. The van der Waals surface area contributed by atoms with Crippen molar-refractivity contribution in [3.05, 3.63) is 34.9 Å². The van der Waals surface area contributed by atoms with Crippen molar-refractivity contribution < 1.29 is 4.79 Å². The summed E-state index contributed by atoms with van der Waals surface area (Å²) >= 11 is 0. The van der Waals surface area contributed by atoms with Gasteiger partial charge in [0, 0.05) is 13.0 Å². The monoisotopic (exact) mass is 256 g/mol. The zero-order valence-electron chi connectivity index (χ0n) is 10.5. The molecule has 0 saturated carbocycles. The molecule has 1 amide bonds. The molecule has 3 nitrogen and oxygen atoms in total. The highest BCUT2D eigenvalue weighted by Gasteiger charge is 2.02. The average molecular weight is 257 g/mol. The SMILES string of the molecule is Cc1ccc(CNC(=O)CCCN)c(C)c1.Cl. The minimum absolute atomic E-state index is 0. The van der Waals surface area contributed by atoms with E-state index in [2.05, 4.69) is 37.4 Å². The summed E-state index contributed by atoms with van der Waals surface area (Å²) in [5.74, 6) is 0.0745. The van der Waals surface area contributed by atoms with Gasteiger partial charge in [0.05, 0.1) is 0 Å². The summed E-state index contributed by atoms with van der Waals surface area (Å²) in [6.07, 6.45) is 1.26. The summed E-state index contributed by atoms with van der Waals surface area (Å²) in [7, 11) is 0. The molecule has 4 heteroatoms. The number of hydrogen-bond acceptors (Lipinski definition) is 2. The van der Waals surface area contributed by atoms with Gasteiger partial charge in [-0.2, -0.15) is 0 Å². The number of nitrogens with one attached hydrogen (secondary N) is 1. The van der Waals surface area contributed by atoms with Gasteiger partial charge in [-0.1, -0.05) is 23.8 Å². The summed E-state index contributed by atoms with van der Waals surface area (Å²) in [5.41, 5.74) is 8.99. The molecule has 0 bridgehead atoms. The van der Waals surface area contributed by atoms with E-state index in [1.54, 1.807) is 0 Å². The molecule has 1 rings (SSSR count). The van der Waals surface area contributed by atoms with Crippen molar-refractivity contribution >= 4 is 18.3 Å². The van der Waals surface area contributed by atoms with Crippen molar-refractivity contribution in [3.63, 3.8) is 0 Å². The van der Waals surface area contributed by atoms with E-state index >= 15 is 0 Å². The number of carbonyl (C=O) groups is 1. The van der Waals surface area contributed by atoms with Crippen molar-refractivity contribution in [2.75, 3.05) is 6.54 Å². The van der Waals surface area contributed by atoms with Gasteiger partial charge in [-0.25, -0.2) is 0 Å². The highest BCUT2D eigenvalue weighted by atomic mass is 35.5. The van der Waals surface area contributed by atoms with E-state index in [-0.39, 0.29) is 18.3 Å². The Morgan fingerprint density at radius 3 is 2.65 bits per heavy atom.